The van der Waals surface area contributed by atoms with Crippen LogP contribution in [0.15, 0.2) is 6.20 Å². The highest BCUT2D eigenvalue weighted by Crippen LogP contribution is 2.23. The van der Waals surface area contributed by atoms with Crippen molar-refractivity contribution in [2.24, 2.45) is 13.0 Å². The van der Waals surface area contributed by atoms with Crippen LogP contribution in [0.5, 0.6) is 0 Å². The molecule has 0 aromatic carbocycles. The van der Waals surface area contributed by atoms with Crippen LogP contribution in [0.4, 0.5) is 0 Å². The van der Waals surface area contributed by atoms with Crippen molar-refractivity contribution in [2.75, 3.05) is 0 Å². The molecule has 0 spiro atoms. The molecule has 0 aliphatic carbocycles. The molecule has 0 bridgehead atoms. The fourth-order valence-corrected chi connectivity index (χ4v) is 1.47. The Morgan fingerprint density at radius 2 is 2.31 bits per heavy atom. The zero-order chi connectivity index (χ0) is 9.84. The van der Waals surface area contributed by atoms with Gasteiger partial charge >= 0.3 is 0 Å². The number of aliphatic hydroxyl groups is 1. The van der Waals surface area contributed by atoms with Crippen LogP contribution in [-0.2, 0) is 7.05 Å². The predicted molar refractivity (Wildman–Crippen MR) is 50.0 cm³/mol. The van der Waals surface area contributed by atoms with Gasteiger partial charge in [0.1, 0.15) is 0 Å². The number of hydrogen-bond donors (Lipinski definition) is 1. The van der Waals surface area contributed by atoms with Crippen molar-refractivity contribution in [3.63, 3.8) is 0 Å². The van der Waals surface area contributed by atoms with Gasteiger partial charge in [-0.15, -0.1) is 5.10 Å². The molecule has 4 heteroatoms. The summed E-state index contributed by atoms with van der Waals surface area (Å²) in [6.07, 6.45) is 3.28. The third kappa shape index (κ3) is 2.28. The minimum Gasteiger partial charge on any atom is -0.386 e. The molecule has 1 N–H and O–H groups in total. The molecule has 1 heterocycles. The van der Waals surface area contributed by atoms with E-state index in [4.69, 9.17) is 0 Å². The van der Waals surface area contributed by atoms with E-state index in [2.05, 4.69) is 17.2 Å². The summed E-state index contributed by atoms with van der Waals surface area (Å²) < 4.78 is 1.62. The molecule has 1 rings (SSSR count). The lowest BCUT2D eigenvalue weighted by molar-refractivity contribution is 0.104. The molecular weight excluding hydrogens is 166 g/mol. The monoisotopic (exact) mass is 183 g/mol. The SMILES string of the molecule is CCCC(C)C(O)c1cnnn1C. The Morgan fingerprint density at radius 3 is 2.77 bits per heavy atom. The number of nitrogens with zero attached hydrogens (tertiary/aromatic N) is 3. The van der Waals surface area contributed by atoms with Gasteiger partial charge < -0.3 is 5.11 Å². The molecule has 74 valence electrons. The van der Waals surface area contributed by atoms with E-state index in [9.17, 15) is 5.11 Å². The van der Waals surface area contributed by atoms with Gasteiger partial charge in [0.2, 0.25) is 0 Å². The molecule has 4 nitrogen and oxygen atoms in total. The van der Waals surface area contributed by atoms with E-state index in [0.29, 0.717) is 0 Å². The Balaban J connectivity index is 2.67. The Kier molecular flexibility index (Phi) is 3.42. The third-order valence-corrected chi connectivity index (χ3v) is 2.34. The lowest BCUT2D eigenvalue weighted by atomic mass is 9.97. The van der Waals surface area contributed by atoms with E-state index in [1.165, 1.54) is 0 Å². The zero-order valence-corrected chi connectivity index (χ0v) is 8.44. The normalized spacial score (nSPS) is 15.7. The second-order valence-electron chi connectivity index (χ2n) is 3.49. The van der Waals surface area contributed by atoms with Gasteiger partial charge in [0.15, 0.2) is 0 Å². The summed E-state index contributed by atoms with van der Waals surface area (Å²) >= 11 is 0. The van der Waals surface area contributed by atoms with E-state index in [1.54, 1.807) is 17.9 Å². The van der Waals surface area contributed by atoms with Gasteiger partial charge in [0.05, 0.1) is 18.0 Å². The van der Waals surface area contributed by atoms with Crippen molar-refractivity contribution in [3.8, 4) is 0 Å². The third-order valence-electron chi connectivity index (χ3n) is 2.34. The summed E-state index contributed by atoms with van der Waals surface area (Å²) in [6, 6.07) is 0. The maximum atomic E-state index is 9.89. The summed E-state index contributed by atoms with van der Waals surface area (Å²) in [5.41, 5.74) is 0.793. The summed E-state index contributed by atoms with van der Waals surface area (Å²) in [4.78, 5) is 0. The Bertz CT molecular complexity index is 259. The second-order valence-corrected chi connectivity index (χ2v) is 3.49. The molecule has 0 radical (unpaired) electrons. The van der Waals surface area contributed by atoms with Crippen molar-refractivity contribution >= 4 is 0 Å². The first kappa shape index (κ1) is 10.2. The molecule has 1 aromatic rings. The van der Waals surface area contributed by atoms with Crippen LogP contribution < -0.4 is 0 Å². The smallest absolute Gasteiger partial charge is 0.0998 e. The van der Waals surface area contributed by atoms with E-state index >= 15 is 0 Å². The van der Waals surface area contributed by atoms with Gasteiger partial charge in [0.25, 0.3) is 0 Å². The highest BCUT2D eigenvalue weighted by molar-refractivity contribution is 4.99. The first-order chi connectivity index (χ1) is 6.16. The Hall–Kier alpha value is -0.900. The van der Waals surface area contributed by atoms with Crippen molar-refractivity contribution in [1.29, 1.82) is 0 Å². The van der Waals surface area contributed by atoms with Gasteiger partial charge in [-0.1, -0.05) is 25.5 Å². The number of hydrogen-bond acceptors (Lipinski definition) is 3. The molecule has 0 saturated heterocycles. The van der Waals surface area contributed by atoms with Crippen LogP contribution in [0.25, 0.3) is 0 Å². The summed E-state index contributed by atoms with van der Waals surface area (Å²) in [7, 11) is 1.80. The van der Waals surface area contributed by atoms with Gasteiger partial charge in [-0.25, -0.2) is 4.68 Å². The zero-order valence-electron chi connectivity index (χ0n) is 8.44. The van der Waals surface area contributed by atoms with E-state index in [1.807, 2.05) is 6.92 Å². The van der Waals surface area contributed by atoms with Crippen molar-refractivity contribution < 1.29 is 5.11 Å². The van der Waals surface area contributed by atoms with Crippen LogP contribution in [-0.4, -0.2) is 20.1 Å². The minimum absolute atomic E-state index is 0.266. The highest BCUT2D eigenvalue weighted by Gasteiger charge is 2.18. The first-order valence-electron chi connectivity index (χ1n) is 4.69. The molecule has 0 saturated carbocycles. The van der Waals surface area contributed by atoms with E-state index in [-0.39, 0.29) is 5.92 Å². The summed E-state index contributed by atoms with van der Waals surface area (Å²) in [5.74, 6) is 0.266. The van der Waals surface area contributed by atoms with Gasteiger partial charge in [0, 0.05) is 7.05 Å². The first-order valence-corrected chi connectivity index (χ1v) is 4.69. The quantitative estimate of drug-likeness (QED) is 0.765. The van der Waals surface area contributed by atoms with E-state index in [0.717, 1.165) is 18.5 Å². The van der Waals surface area contributed by atoms with Crippen LogP contribution in [0.1, 0.15) is 38.5 Å². The number of aliphatic hydroxyl groups excluding tert-OH is 1. The second kappa shape index (κ2) is 4.37. The van der Waals surface area contributed by atoms with Crippen LogP contribution in [0.3, 0.4) is 0 Å². The van der Waals surface area contributed by atoms with Gasteiger partial charge in [-0.3, -0.25) is 0 Å². The lowest BCUT2D eigenvalue weighted by Gasteiger charge is -2.17. The molecule has 2 unspecified atom stereocenters. The predicted octanol–water partition coefficient (Wildman–Crippen LogP) is 1.28. The minimum atomic E-state index is -0.444. The van der Waals surface area contributed by atoms with Gasteiger partial charge in [-0.2, -0.15) is 0 Å². The average molecular weight is 183 g/mol. The average Bonchev–Trinajstić information content (AvgIpc) is 2.50. The molecule has 0 amide bonds. The number of aromatic nitrogens is 3. The molecule has 0 fully saturated rings. The van der Waals surface area contributed by atoms with E-state index < -0.39 is 6.10 Å². The number of rotatable bonds is 4. The molecule has 0 aliphatic heterocycles. The van der Waals surface area contributed by atoms with Gasteiger partial charge in [-0.05, 0) is 12.3 Å². The fraction of sp³-hybridized carbons (Fsp3) is 0.778. The largest absolute Gasteiger partial charge is 0.386 e. The number of aryl methyl sites for hydroxylation is 1. The van der Waals surface area contributed by atoms with Crippen LogP contribution in [0, 0.1) is 5.92 Å². The maximum Gasteiger partial charge on any atom is 0.0998 e. The summed E-state index contributed by atoms with van der Waals surface area (Å²) in [6.45, 7) is 4.16. The molecule has 13 heavy (non-hydrogen) atoms. The van der Waals surface area contributed by atoms with Crippen molar-refractivity contribution in [2.45, 2.75) is 32.8 Å². The topological polar surface area (TPSA) is 50.9 Å². The Labute approximate surface area is 78.6 Å². The van der Waals surface area contributed by atoms with Crippen molar-refractivity contribution in [3.05, 3.63) is 11.9 Å². The molecule has 1 aromatic heterocycles. The lowest BCUT2D eigenvalue weighted by Crippen LogP contribution is -2.13. The molecule has 0 aliphatic rings. The molecule has 2 atom stereocenters. The summed E-state index contributed by atoms with van der Waals surface area (Å²) in [5, 5.41) is 17.4. The van der Waals surface area contributed by atoms with Crippen LogP contribution in [0.2, 0.25) is 0 Å². The standard InChI is InChI=1S/C9H17N3O/c1-4-5-7(2)9(13)8-6-10-11-12(8)3/h6-7,9,13H,4-5H2,1-3H3. The highest BCUT2D eigenvalue weighted by atomic mass is 16.3. The maximum absolute atomic E-state index is 9.89. The Morgan fingerprint density at radius 1 is 1.62 bits per heavy atom. The fourth-order valence-electron chi connectivity index (χ4n) is 1.47. The van der Waals surface area contributed by atoms with Crippen LogP contribution >= 0.6 is 0 Å². The molecular formula is C9H17N3O. The van der Waals surface area contributed by atoms with Crippen molar-refractivity contribution in [1.82, 2.24) is 15.0 Å².